The summed E-state index contributed by atoms with van der Waals surface area (Å²) >= 11 is 0. The van der Waals surface area contributed by atoms with Gasteiger partial charge in [-0.05, 0) is 18.3 Å². The van der Waals surface area contributed by atoms with Gasteiger partial charge in [-0.15, -0.1) is 0 Å². The minimum Gasteiger partial charge on any atom is -0.469 e. The molecule has 7 heteroatoms. The lowest BCUT2D eigenvalue weighted by Gasteiger charge is -2.38. The number of methoxy groups -OCH3 is 1. The maximum atomic E-state index is 12.4. The van der Waals surface area contributed by atoms with Gasteiger partial charge in [0, 0.05) is 26.7 Å². The van der Waals surface area contributed by atoms with E-state index in [1.807, 2.05) is 0 Å². The van der Waals surface area contributed by atoms with Gasteiger partial charge in [0.15, 0.2) is 0 Å². The summed E-state index contributed by atoms with van der Waals surface area (Å²) in [5.41, 5.74) is 0.00844. The molecule has 0 aromatic heterocycles. The monoisotopic (exact) mass is 292 g/mol. The lowest BCUT2D eigenvalue weighted by Crippen LogP contribution is -2.49. The lowest BCUT2D eigenvalue weighted by molar-refractivity contribution is -0.140. The number of piperidine rings is 1. The highest BCUT2D eigenvalue weighted by Crippen LogP contribution is 2.30. The highest BCUT2D eigenvalue weighted by atomic mass is 32.2. The van der Waals surface area contributed by atoms with Crippen molar-refractivity contribution in [1.29, 1.82) is 0 Å². The Kier molecular flexibility index (Phi) is 5.34. The summed E-state index contributed by atoms with van der Waals surface area (Å²) in [6.07, 6.45) is 1.98. The van der Waals surface area contributed by atoms with Gasteiger partial charge in [-0.3, -0.25) is 4.79 Å². The van der Waals surface area contributed by atoms with E-state index in [-0.39, 0.29) is 18.4 Å². The first-order valence-electron chi connectivity index (χ1n) is 6.47. The quantitative estimate of drug-likeness (QED) is 0.705. The molecular formula is C12H24N2O4S. The summed E-state index contributed by atoms with van der Waals surface area (Å²) in [6.45, 7) is 5.37. The molecule has 1 rings (SSSR count). The number of nitrogens with zero attached hydrogens (tertiary/aromatic N) is 2. The molecule has 0 aromatic rings. The molecule has 6 nitrogen and oxygen atoms in total. The van der Waals surface area contributed by atoms with Gasteiger partial charge < -0.3 is 4.74 Å². The third kappa shape index (κ3) is 4.43. The smallest absolute Gasteiger partial charge is 0.306 e. The Morgan fingerprint density at radius 2 is 2.05 bits per heavy atom. The van der Waals surface area contributed by atoms with Crippen LogP contribution in [-0.4, -0.2) is 56.8 Å². The molecule has 1 aliphatic heterocycles. The minimum absolute atomic E-state index is 0.00844. The van der Waals surface area contributed by atoms with Crippen LogP contribution in [0.15, 0.2) is 0 Å². The van der Waals surface area contributed by atoms with Crippen molar-refractivity contribution in [3.63, 3.8) is 0 Å². The summed E-state index contributed by atoms with van der Waals surface area (Å²) in [5.74, 6) is -0.402. The fraction of sp³-hybridized carbons (Fsp3) is 0.917. The molecule has 0 unspecified atom stereocenters. The molecule has 0 saturated carbocycles. The van der Waals surface area contributed by atoms with E-state index in [1.165, 1.54) is 22.8 Å². The molecule has 0 aromatic carbocycles. The summed E-state index contributed by atoms with van der Waals surface area (Å²) < 4.78 is 32.0. The van der Waals surface area contributed by atoms with Crippen LogP contribution < -0.4 is 0 Å². The second-order valence-electron chi connectivity index (χ2n) is 5.76. The normalized spacial score (nSPS) is 20.5. The molecule has 112 valence electrons. The molecule has 0 amide bonds. The summed E-state index contributed by atoms with van der Waals surface area (Å²) in [7, 11) is -0.683. The first-order chi connectivity index (χ1) is 8.69. The number of hydrogen-bond donors (Lipinski definition) is 0. The predicted molar refractivity (Wildman–Crippen MR) is 72.8 cm³/mol. The SMILES string of the molecule is COC(=O)CCN(C)S(=O)(=O)N1CCCC(C)(C)C1. The Morgan fingerprint density at radius 1 is 1.42 bits per heavy atom. The van der Waals surface area contributed by atoms with Gasteiger partial charge in [-0.1, -0.05) is 13.8 Å². The number of hydrogen-bond acceptors (Lipinski definition) is 4. The second-order valence-corrected chi connectivity index (χ2v) is 7.79. The molecule has 1 heterocycles. The van der Waals surface area contributed by atoms with Crippen molar-refractivity contribution in [2.45, 2.75) is 33.1 Å². The van der Waals surface area contributed by atoms with Crippen LogP contribution in [0.5, 0.6) is 0 Å². The molecule has 1 saturated heterocycles. The molecule has 0 aliphatic carbocycles. The van der Waals surface area contributed by atoms with Crippen molar-refractivity contribution in [2.24, 2.45) is 5.41 Å². The molecule has 0 bridgehead atoms. The van der Waals surface area contributed by atoms with Crippen LogP contribution in [0.4, 0.5) is 0 Å². The Hall–Kier alpha value is -0.660. The zero-order valence-electron chi connectivity index (χ0n) is 12.2. The van der Waals surface area contributed by atoms with Gasteiger partial charge >= 0.3 is 5.97 Å². The Bertz CT molecular complexity index is 419. The number of carbonyl (C=O) groups excluding carboxylic acids is 1. The maximum Gasteiger partial charge on any atom is 0.306 e. The zero-order valence-corrected chi connectivity index (χ0v) is 13.0. The molecule has 1 aliphatic rings. The molecule has 0 N–H and O–H groups in total. The average molecular weight is 292 g/mol. The van der Waals surface area contributed by atoms with Gasteiger partial charge in [0.05, 0.1) is 13.5 Å². The van der Waals surface area contributed by atoms with Crippen molar-refractivity contribution in [2.75, 3.05) is 33.8 Å². The van der Waals surface area contributed by atoms with Crippen LogP contribution >= 0.6 is 0 Å². The van der Waals surface area contributed by atoms with Crippen LogP contribution in [0.1, 0.15) is 33.1 Å². The Labute approximate surface area is 115 Å². The minimum atomic E-state index is -3.48. The first kappa shape index (κ1) is 16.4. The van der Waals surface area contributed by atoms with Gasteiger partial charge in [-0.2, -0.15) is 17.0 Å². The van der Waals surface area contributed by atoms with E-state index in [0.29, 0.717) is 13.1 Å². The molecule has 1 fully saturated rings. The van der Waals surface area contributed by atoms with Gasteiger partial charge in [0.2, 0.25) is 0 Å². The van der Waals surface area contributed by atoms with Crippen LogP contribution in [0.2, 0.25) is 0 Å². The molecular weight excluding hydrogens is 268 g/mol. The van der Waals surface area contributed by atoms with Crippen molar-refractivity contribution in [3.05, 3.63) is 0 Å². The van der Waals surface area contributed by atoms with E-state index in [1.54, 1.807) is 0 Å². The highest BCUT2D eigenvalue weighted by molar-refractivity contribution is 7.86. The first-order valence-corrected chi connectivity index (χ1v) is 7.87. The largest absolute Gasteiger partial charge is 0.469 e. The van der Waals surface area contributed by atoms with E-state index >= 15 is 0 Å². The van der Waals surface area contributed by atoms with Crippen LogP contribution in [0.3, 0.4) is 0 Å². The molecule has 0 spiro atoms. The Balaban J connectivity index is 2.66. The second kappa shape index (κ2) is 6.19. The van der Waals surface area contributed by atoms with Gasteiger partial charge in [0.1, 0.15) is 0 Å². The molecule has 0 radical (unpaired) electrons. The number of rotatable bonds is 5. The summed E-state index contributed by atoms with van der Waals surface area (Å²) in [4.78, 5) is 11.1. The Morgan fingerprint density at radius 3 is 2.58 bits per heavy atom. The predicted octanol–water partition coefficient (Wildman–Crippen LogP) is 0.848. The van der Waals surface area contributed by atoms with E-state index in [4.69, 9.17) is 0 Å². The van der Waals surface area contributed by atoms with Crippen molar-refractivity contribution in [3.8, 4) is 0 Å². The van der Waals surface area contributed by atoms with Gasteiger partial charge in [-0.25, -0.2) is 0 Å². The number of ether oxygens (including phenoxy) is 1. The van der Waals surface area contributed by atoms with E-state index < -0.39 is 16.2 Å². The third-order valence-electron chi connectivity index (χ3n) is 3.44. The van der Waals surface area contributed by atoms with Gasteiger partial charge in [0.25, 0.3) is 10.2 Å². The fourth-order valence-corrected chi connectivity index (χ4v) is 3.82. The topological polar surface area (TPSA) is 66.9 Å². The van der Waals surface area contributed by atoms with Crippen LogP contribution in [0.25, 0.3) is 0 Å². The summed E-state index contributed by atoms with van der Waals surface area (Å²) in [6, 6.07) is 0. The summed E-state index contributed by atoms with van der Waals surface area (Å²) in [5, 5.41) is 0. The van der Waals surface area contributed by atoms with E-state index in [2.05, 4.69) is 18.6 Å². The highest BCUT2D eigenvalue weighted by Gasteiger charge is 2.35. The average Bonchev–Trinajstić information content (AvgIpc) is 2.34. The van der Waals surface area contributed by atoms with Crippen molar-refractivity contribution >= 4 is 16.2 Å². The number of esters is 1. The van der Waals surface area contributed by atoms with E-state index in [0.717, 1.165) is 12.8 Å². The molecule has 0 atom stereocenters. The zero-order chi connectivity index (χ0) is 14.7. The van der Waals surface area contributed by atoms with E-state index in [9.17, 15) is 13.2 Å². The van der Waals surface area contributed by atoms with Crippen LogP contribution in [0, 0.1) is 5.41 Å². The maximum absolute atomic E-state index is 12.4. The standard InChI is InChI=1S/C12H24N2O4S/c1-12(2)7-5-8-14(10-12)19(16,17)13(3)9-6-11(15)18-4/h5-10H2,1-4H3. The van der Waals surface area contributed by atoms with Crippen molar-refractivity contribution < 1.29 is 17.9 Å². The van der Waals surface area contributed by atoms with Crippen LogP contribution in [-0.2, 0) is 19.7 Å². The third-order valence-corrected chi connectivity index (χ3v) is 5.38. The fourth-order valence-electron chi connectivity index (χ4n) is 2.23. The molecule has 19 heavy (non-hydrogen) atoms. The number of carbonyl (C=O) groups is 1. The lowest BCUT2D eigenvalue weighted by atomic mass is 9.85. The van der Waals surface area contributed by atoms with Crippen molar-refractivity contribution in [1.82, 2.24) is 8.61 Å².